The first kappa shape index (κ1) is 14.0. The van der Waals surface area contributed by atoms with Crippen molar-refractivity contribution < 1.29 is 9.18 Å². The minimum absolute atomic E-state index is 0.251. The lowest BCUT2D eigenvalue weighted by Gasteiger charge is -2.07. The van der Waals surface area contributed by atoms with E-state index in [0.29, 0.717) is 24.3 Å². The Morgan fingerprint density at radius 3 is 2.85 bits per heavy atom. The van der Waals surface area contributed by atoms with Crippen LogP contribution in [-0.4, -0.2) is 22.2 Å². The van der Waals surface area contributed by atoms with Crippen molar-refractivity contribution in [3.05, 3.63) is 46.9 Å². The van der Waals surface area contributed by atoms with Crippen LogP contribution in [0.4, 0.5) is 10.2 Å². The molecule has 0 unspecified atom stereocenters. The molecular weight excluding hydrogens is 259 g/mol. The summed E-state index contributed by atoms with van der Waals surface area (Å²) in [6, 6.07) is 4.63. The molecule has 0 saturated heterocycles. The number of hydrogen-bond acceptors (Lipinski definition) is 3. The maximum absolute atomic E-state index is 13.0. The van der Waals surface area contributed by atoms with Crippen molar-refractivity contribution in [2.45, 2.75) is 13.3 Å². The van der Waals surface area contributed by atoms with E-state index in [1.807, 2.05) is 6.92 Å². The Morgan fingerprint density at radius 2 is 2.25 bits per heavy atom. The van der Waals surface area contributed by atoms with Gasteiger partial charge in [0.25, 0.3) is 5.91 Å². The number of carbonyl (C=O) groups excluding carboxylic acids is 1. The molecule has 2 rings (SSSR count). The van der Waals surface area contributed by atoms with Crippen LogP contribution in [0.15, 0.2) is 24.4 Å². The van der Waals surface area contributed by atoms with Crippen LogP contribution in [0.1, 0.15) is 21.5 Å². The number of carbonyl (C=O) groups is 1. The first-order valence-electron chi connectivity index (χ1n) is 6.29. The van der Waals surface area contributed by atoms with Gasteiger partial charge in [-0.1, -0.05) is 6.07 Å². The first-order chi connectivity index (χ1) is 9.49. The topological polar surface area (TPSA) is 72.9 Å². The molecule has 0 bridgehead atoms. The second-order valence-electron chi connectivity index (χ2n) is 4.64. The van der Waals surface area contributed by atoms with Gasteiger partial charge in [-0.2, -0.15) is 5.10 Å². The van der Waals surface area contributed by atoms with Gasteiger partial charge in [0.1, 0.15) is 17.2 Å². The third kappa shape index (κ3) is 2.96. The van der Waals surface area contributed by atoms with E-state index < -0.39 is 0 Å². The molecule has 0 aliphatic carbocycles. The molecule has 1 heterocycles. The largest absolute Gasteiger partial charge is 0.383 e. The van der Waals surface area contributed by atoms with E-state index in [4.69, 9.17) is 5.73 Å². The number of halogens is 1. The quantitative estimate of drug-likeness (QED) is 0.887. The van der Waals surface area contributed by atoms with Gasteiger partial charge in [0, 0.05) is 13.6 Å². The van der Waals surface area contributed by atoms with Crippen LogP contribution in [0.2, 0.25) is 0 Å². The molecule has 1 amide bonds. The molecule has 0 saturated carbocycles. The van der Waals surface area contributed by atoms with Crippen molar-refractivity contribution in [2.24, 2.45) is 7.05 Å². The van der Waals surface area contributed by atoms with Gasteiger partial charge in [0.05, 0.1) is 6.20 Å². The lowest BCUT2D eigenvalue weighted by atomic mass is 10.1. The molecule has 3 N–H and O–H groups in total. The molecule has 0 radical (unpaired) electrons. The summed E-state index contributed by atoms with van der Waals surface area (Å²) in [7, 11) is 1.67. The highest BCUT2D eigenvalue weighted by Gasteiger charge is 2.13. The van der Waals surface area contributed by atoms with Crippen molar-refractivity contribution in [1.82, 2.24) is 15.1 Å². The number of nitrogens with zero attached hydrogens (tertiary/aromatic N) is 2. The number of amides is 1. The molecule has 5 nitrogen and oxygen atoms in total. The third-order valence-electron chi connectivity index (χ3n) is 3.21. The van der Waals surface area contributed by atoms with Crippen molar-refractivity contribution in [2.75, 3.05) is 12.3 Å². The minimum Gasteiger partial charge on any atom is -0.383 e. The Morgan fingerprint density at radius 1 is 1.50 bits per heavy atom. The van der Waals surface area contributed by atoms with Crippen LogP contribution in [0.3, 0.4) is 0 Å². The smallest absolute Gasteiger partial charge is 0.256 e. The second kappa shape index (κ2) is 5.73. The Kier molecular flexibility index (Phi) is 4.02. The van der Waals surface area contributed by atoms with Gasteiger partial charge >= 0.3 is 0 Å². The van der Waals surface area contributed by atoms with E-state index in [0.717, 1.165) is 11.1 Å². The fourth-order valence-electron chi connectivity index (χ4n) is 1.97. The summed E-state index contributed by atoms with van der Waals surface area (Å²) >= 11 is 0. The van der Waals surface area contributed by atoms with Crippen LogP contribution >= 0.6 is 0 Å². The molecule has 6 heteroatoms. The van der Waals surface area contributed by atoms with Crippen LogP contribution in [-0.2, 0) is 13.5 Å². The Bertz CT molecular complexity index is 636. The summed E-state index contributed by atoms with van der Waals surface area (Å²) in [6.07, 6.45) is 2.08. The van der Waals surface area contributed by atoms with E-state index in [9.17, 15) is 9.18 Å². The van der Waals surface area contributed by atoms with E-state index in [1.54, 1.807) is 13.1 Å². The first-order valence-corrected chi connectivity index (χ1v) is 6.29. The fraction of sp³-hybridized carbons (Fsp3) is 0.286. The van der Waals surface area contributed by atoms with Crippen LogP contribution < -0.4 is 11.1 Å². The molecule has 0 spiro atoms. The van der Waals surface area contributed by atoms with Gasteiger partial charge in [-0.05, 0) is 36.6 Å². The standard InChI is InChI=1S/C14H17FN4O/c1-9-7-11(15)4-3-10(9)5-6-17-14(20)12-8-18-19(2)13(12)16/h3-4,7-8H,5-6,16H2,1-2H3,(H,17,20). The highest BCUT2D eigenvalue weighted by atomic mass is 19.1. The molecule has 0 fully saturated rings. The molecule has 20 heavy (non-hydrogen) atoms. The molecule has 0 atom stereocenters. The number of nitrogen functional groups attached to an aromatic ring is 1. The van der Waals surface area contributed by atoms with Gasteiger partial charge < -0.3 is 11.1 Å². The third-order valence-corrected chi connectivity index (χ3v) is 3.21. The number of benzene rings is 1. The van der Waals surface area contributed by atoms with Crippen molar-refractivity contribution in [3.63, 3.8) is 0 Å². The van der Waals surface area contributed by atoms with Crippen LogP contribution in [0.5, 0.6) is 0 Å². The summed E-state index contributed by atoms with van der Waals surface area (Å²) in [4.78, 5) is 11.9. The van der Waals surface area contributed by atoms with Crippen LogP contribution in [0, 0.1) is 12.7 Å². The number of nitrogens with one attached hydrogen (secondary N) is 1. The maximum Gasteiger partial charge on any atom is 0.256 e. The zero-order chi connectivity index (χ0) is 14.7. The van der Waals surface area contributed by atoms with Gasteiger partial charge in [0.15, 0.2) is 0 Å². The summed E-state index contributed by atoms with van der Waals surface area (Å²) in [5, 5.41) is 6.69. The zero-order valence-electron chi connectivity index (χ0n) is 11.5. The highest BCUT2D eigenvalue weighted by Crippen LogP contribution is 2.11. The number of anilines is 1. The Hall–Kier alpha value is -2.37. The van der Waals surface area contributed by atoms with E-state index in [-0.39, 0.29) is 11.7 Å². The summed E-state index contributed by atoms with van der Waals surface area (Å²) in [5.74, 6) is -0.172. The van der Waals surface area contributed by atoms with E-state index >= 15 is 0 Å². The SMILES string of the molecule is Cc1cc(F)ccc1CCNC(=O)c1cnn(C)c1N. The molecule has 1 aromatic carbocycles. The number of aryl methyl sites for hydroxylation is 2. The minimum atomic E-state index is -0.254. The summed E-state index contributed by atoms with van der Waals surface area (Å²) in [6.45, 7) is 2.30. The predicted molar refractivity (Wildman–Crippen MR) is 74.8 cm³/mol. The molecule has 1 aromatic heterocycles. The van der Waals surface area contributed by atoms with Gasteiger partial charge in [-0.3, -0.25) is 9.48 Å². The molecular formula is C14H17FN4O. The molecule has 2 aromatic rings. The van der Waals surface area contributed by atoms with Gasteiger partial charge in [-0.25, -0.2) is 4.39 Å². The monoisotopic (exact) mass is 276 g/mol. The number of aromatic nitrogens is 2. The highest BCUT2D eigenvalue weighted by molar-refractivity contribution is 5.98. The second-order valence-corrected chi connectivity index (χ2v) is 4.64. The number of hydrogen-bond donors (Lipinski definition) is 2. The zero-order valence-corrected chi connectivity index (χ0v) is 11.5. The van der Waals surface area contributed by atoms with Gasteiger partial charge in [-0.15, -0.1) is 0 Å². The van der Waals surface area contributed by atoms with Crippen LogP contribution in [0.25, 0.3) is 0 Å². The fourth-order valence-corrected chi connectivity index (χ4v) is 1.97. The Balaban J connectivity index is 1.93. The Labute approximate surface area is 116 Å². The van der Waals surface area contributed by atoms with E-state index in [1.165, 1.54) is 23.0 Å². The molecule has 106 valence electrons. The van der Waals surface area contributed by atoms with E-state index in [2.05, 4.69) is 10.4 Å². The average molecular weight is 276 g/mol. The van der Waals surface area contributed by atoms with Gasteiger partial charge in [0.2, 0.25) is 0 Å². The van der Waals surface area contributed by atoms with Crippen molar-refractivity contribution in [3.8, 4) is 0 Å². The summed E-state index contributed by atoms with van der Waals surface area (Å²) in [5.41, 5.74) is 7.97. The lowest BCUT2D eigenvalue weighted by molar-refractivity contribution is 0.0955. The summed E-state index contributed by atoms with van der Waals surface area (Å²) < 4.78 is 14.4. The van der Waals surface area contributed by atoms with Crippen molar-refractivity contribution in [1.29, 1.82) is 0 Å². The average Bonchev–Trinajstić information content (AvgIpc) is 2.72. The molecule has 0 aliphatic heterocycles. The normalized spacial score (nSPS) is 10.6. The number of rotatable bonds is 4. The maximum atomic E-state index is 13.0. The van der Waals surface area contributed by atoms with Crippen molar-refractivity contribution >= 4 is 11.7 Å². The predicted octanol–water partition coefficient (Wildman–Crippen LogP) is 1.42. The molecule has 0 aliphatic rings. The number of nitrogens with two attached hydrogens (primary N) is 1. The lowest BCUT2D eigenvalue weighted by Crippen LogP contribution is -2.26.